The minimum absolute atomic E-state index is 0.00128. The first-order chi connectivity index (χ1) is 9.97. The van der Waals surface area contributed by atoms with Crippen molar-refractivity contribution >= 4 is 34.9 Å². The maximum absolute atomic E-state index is 11.3. The van der Waals surface area contributed by atoms with Gasteiger partial charge in [-0.2, -0.15) is 0 Å². The fraction of sp³-hybridized carbons (Fsp3) is 0.733. The van der Waals surface area contributed by atoms with Crippen LogP contribution in [-0.2, 0) is 22.1 Å². The smallest absolute Gasteiger partial charge is 0.341 e. The molecule has 0 aromatic carbocycles. The van der Waals surface area contributed by atoms with Crippen molar-refractivity contribution in [3.8, 4) is 0 Å². The first-order valence-electron chi connectivity index (χ1n) is 7.24. The number of halogens is 1. The van der Waals surface area contributed by atoms with Gasteiger partial charge in [0, 0.05) is 18.3 Å². The van der Waals surface area contributed by atoms with Crippen LogP contribution in [0, 0.1) is 23.2 Å². The summed E-state index contributed by atoms with van der Waals surface area (Å²) in [5.74, 6) is 0.652. The predicted molar refractivity (Wildman–Crippen MR) is 82.4 cm³/mol. The molecule has 0 saturated heterocycles. The van der Waals surface area contributed by atoms with Gasteiger partial charge in [-0.3, -0.25) is 4.79 Å². The quantitative estimate of drug-likeness (QED) is 0.399. The van der Waals surface area contributed by atoms with E-state index in [4.69, 9.17) is 9.47 Å². The normalized spacial score (nSPS) is 39.3. The van der Waals surface area contributed by atoms with E-state index in [0.29, 0.717) is 24.4 Å². The lowest BCUT2D eigenvalue weighted by Gasteiger charge is -2.68. The number of allylic oxidation sites excluding steroid dienone is 1. The van der Waals surface area contributed by atoms with Gasteiger partial charge in [-0.25, -0.2) is 4.79 Å². The summed E-state index contributed by atoms with van der Waals surface area (Å²) in [6, 6.07) is 0. The Balaban J connectivity index is 1.64. The summed E-state index contributed by atoms with van der Waals surface area (Å²) in [6.07, 6.45) is 4.37. The van der Waals surface area contributed by atoms with E-state index in [-0.39, 0.29) is 30.1 Å². The van der Waals surface area contributed by atoms with Crippen LogP contribution < -0.4 is 0 Å². The second-order valence-corrected chi connectivity index (χ2v) is 6.93. The fourth-order valence-electron chi connectivity index (χ4n) is 4.44. The molecule has 21 heavy (non-hydrogen) atoms. The van der Waals surface area contributed by atoms with Crippen LogP contribution in [0.15, 0.2) is 11.6 Å². The zero-order valence-corrected chi connectivity index (χ0v) is 14.3. The highest BCUT2D eigenvalue weighted by atomic mass is 127. The Morgan fingerprint density at radius 2 is 2.24 bits per heavy atom. The van der Waals surface area contributed by atoms with Gasteiger partial charge in [-0.15, -0.1) is 0 Å². The molecule has 116 valence electrons. The molecule has 2 saturated carbocycles. The Kier molecular flexibility index (Phi) is 4.02. The lowest BCUT2D eigenvalue weighted by molar-refractivity contribution is -0.197. The number of hydrogen-bond acceptors (Lipinski definition) is 5. The summed E-state index contributed by atoms with van der Waals surface area (Å²) < 4.78 is 15.6. The molecule has 0 bridgehead atoms. The third-order valence-electron chi connectivity index (χ3n) is 5.15. The van der Waals surface area contributed by atoms with Crippen LogP contribution in [0.3, 0.4) is 0 Å². The first kappa shape index (κ1) is 15.3. The molecular weight excluding hydrogens is 387 g/mol. The Morgan fingerprint density at radius 1 is 1.48 bits per heavy atom. The molecule has 0 radical (unpaired) electrons. The van der Waals surface area contributed by atoms with E-state index in [2.05, 4.69) is 16.1 Å². The molecule has 0 aromatic rings. The van der Waals surface area contributed by atoms with Gasteiger partial charge in [0.2, 0.25) is 0 Å². The van der Waals surface area contributed by atoms with Crippen molar-refractivity contribution in [1.82, 2.24) is 0 Å². The number of hydrogen-bond donors (Lipinski definition) is 0. The molecule has 0 spiro atoms. The SMILES string of the molecule is CC(=O)OCC12CC3=CC(C)C(OCC(=O)OI)C(C1)C32. The van der Waals surface area contributed by atoms with Gasteiger partial charge in [0.25, 0.3) is 0 Å². The van der Waals surface area contributed by atoms with Crippen LogP contribution in [0.1, 0.15) is 26.7 Å². The second-order valence-electron chi connectivity index (χ2n) is 6.49. The van der Waals surface area contributed by atoms with E-state index in [1.165, 1.54) is 12.5 Å². The van der Waals surface area contributed by atoms with E-state index < -0.39 is 0 Å². The standard InChI is InChI=1S/C15H19IO5/c1-8-3-10-4-15(7-20-9(2)17)5-11(13(10)15)14(8)19-6-12(18)21-16/h3,8,11,13-14H,4-7H2,1-2H3. The fourth-order valence-corrected chi connectivity index (χ4v) is 4.57. The third-order valence-corrected chi connectivity index (χ3v) is 5.64. The number of carbonyl (C=O) groups excluding carboxylic acids is 2. The summed E-state index contributed by atoms with van der Waals surface area (Å²) >= 11 is 1.58. The monoisotopic (exact) mass is 406 g/mol. The van der Waals surface area contributed by atoms with E-state index >= 15 is 0 Å². The third kappa shape index (κ3) is 2.50. The Labute approximate surface area is 138 Å². The Bertz CT molecular complexity index is 502. The topological polar surface area (TPSA) is 61.8 Å². The number of esters is 1. The molecule has 0 aromatic heterocycles. The minimum Gasteiger partial charge on any atom is -0.465 e. The average molecular weight is 406 g/mol. The van der Waals surface area contributed by atoms with Crippen LogP contribution in [0.5, 0.6) is 0 Å². The largest absolute Gasteiger partial charge is 0.465 e. The van der Waals surface area contributed by atoms with Crippen molar-refractivity contribution in [2.75, 3.05) is 13.2 Å². The Morgan fingerprint density at radius 3 is 2.90 bits per heavy atom. The maximum atomic E-state index is 11.3. The van der Waals surface area contributed by atoms with Crippen LogP contribution in [0.25, 0.3) is 0 Å². The van der Waals surface area contributed by atoms with Crippen molar-refractivity contribution in [3.05, 3.63) is 11.6 Å². The maximum Gasteiger partial charge on any atom is 0.341 e. The zero-order chi connectivity index (χ0) is 15.2. The highest BCUT2D eigenvalue weighted by Crippen LogP contribution is 2.70. The van der Waals surface area contributed by atoms with Gasteiger partial charge in [0.05, 0.1) is 12.7 Å². The van der Waals surface area contributed by atoms with Gasteiger partial charge in [-0.1, -0.05) is 18.6 Å². The summed E-state index contributed by atoms with van der Waals surface area (Å²) in [4.78, 5) is 22.3. The van der Waals surface area contributed by atoms with Crippen LogP contribution in [-0.4, -0.2) is 31.3 Å². The summed E-state index contributed by atoms with van der Waals surface area (Å²) in [5.41, 5.74) is 1.61. The van der Waals surface area contributed by atoms with Crippen molar-refractivity contribution in [1.29, 1.82) is 0 Å². The van der Waals surface area contributed by atoms with Crippen molar-refractivity contribution < 1.29 is 22.1 Å². The van der Waals surface area contributed by atoms with E-state index in [1.54, 1.807) is 23.0 Å². The molecule has 6 heteroatoms. The summed E-state index contributed by atoms with van der Waals surface area (Å²) in [6.45, 7) is 4.10. The van der Waals surface area contributed by atoms with Crippen LogP contribution in [0.2, 0.25) is 0 Å². The minimum atomic E-state index is -0.350. The van der Waals surface area contributed by atoms with E-state index in [9.17, 15) is 9.59 Å². The first-order valence-corrected chi connectivity index (χ1v) is 8.12. The molecule has 5 atom stereocenters. The van der Waals surface area contributed by atoms with Crippen molar-refractivity contribution in [3.63, 3.8) is 0 Å². The number of ether oxygens (including phenoxy) is 2. The van der Waals surface area contributed by atoms with Gasteiger partial charge >= 0.3 is 11.9 Å². The average Bonchev–Trinajstić information content (AvgIpc) is 2.40. The molecule has 0 heterocycles. The molecule has 5 unspecified atom stereocenters. The molecule has 3 aliphatic rings. The van der Waals surface area contributed by atoms with Crippen molar-refractivity contribution in [2.24, 2.45) is 23.2 Å². The molecule has 0 N–H and O–H groups in total. The molecule has 0 aliphatic heterocycles. The van der Waals surface area contributed by atoms with Gasteiger partial charge < -0.3 is 12.5 Å². The second kappa shape index (κ2) is 5.53. The number of rotatable bonds is 5. The molecule has 0 amide bonds. The van der Waals surface area contributed by atoms with Crippen LogP contribution >= 0.6 is 23.0 Å². The van der Waals surface area contributed by atoms with Gasteiger partial charge in [0.15, 0.2) is 23.0 Å². The summed E-state index contributed by atoms with van der Waals surface area (Å²) in [5, 5.41) is 0. The van der Waals surface area contributed by atoms with Crippen LogP contribution in [0.4, 0.5) is 0 Å². The number of carbonyl (C=O) groups is 2. The highest BCUT2D eigenvalue weighted by Gasteiger charge is 2.66. The molecule has 3 aliphatic carbocycles. The lowest BCUT2D eigenvalue weighted by Crippen LogP contribution is -2.65. The molecule has 2 fully saturated rings. The van der Waals surface area contributed by atoms with Gasteiger partial charge in [0.1, 0.15) is 6.61 Å². The Hall–Kier alpha value is -0.630. The molecule has 3 rings (SSSR count). The van der Waals surface area contributed by atoms with Crippen molar-refractivity contribution in [2.45, 2.75) is 32.8 Å². The predicted octanol–water partition coefficient (Wildman–Crippen LogP) is 2.43. The van der Waals surface area contributed by atoms with E-state index in [0.717, 1.165) is 12.8 Å². The molecular formula is C15H19IO5. The van der Waals surface area contributed by atoms with Gasteiger partial charge in [-0.05, 0) is 24.7 Å². The summed E-state index contributed by atoms with van der Waals surface area (Å²) in [7, 11) is 0. The lowest BCUT2D eigenvalue weighted by atomic mass is 9.37. The zero-order valence-electron chi connectivity index (χ0n) is 12.1. The molecule has 5 nitrogen and oxygen atoms in total. The van der Waals surface area contributed by atoms with E-state index in [1.807, 2.05) is 0 Å². The highest BCUT2D eigenvalue weighted by molar-refractivity contribution is 14.1.